The fourth-order valence-corrected chi connectivity index (χ4v) is 2.76. The van der Waals surface area contributed by atoms with Crippen LogP contribution in [0.3, 0.4) is 0 Å². The van der Waals surface area contributed by atoms with E-state index in [-0.39, 0.29) is 5.91 Å². The van der Waals surface area contributed by atoms with Crippen LogP contribution >= 0.6 is 31.9 Å². The highest BCUT2D eigenvalue weighted by Gasteiger charge is 2.15. The molecule has 26 heavy (non-hydrogen) atoms. The highest BCUT2D eigenvalue weighted by Crippen LogP contribution is 2.25. The predicted octanol–water partition coefficient (Wildman–Crippen LogP) is 4.92. The van der Waals surface area contributed by atoms with Crippen LogP contribution in [0.15, 0.2) is 56.5 Å². The molecule has 1 atom stereocenters. The van der Waals surface area contributed by atoms with Gasteiger partial charge in [-0.15, -0.1) is 0 Å². The second-order valence-electron chi connectivity index (χ2n) is 5.46. The quantitative estimate of drug-likeness (QED) is 0.428. The number of ether oxygens (including phenoxy) is 2. The number of carbonyl (C=O) groups is 1. The Labute approximate surface area is 170 Å². The minimum absolute atomic E-state index is 0.344. The highest BCUT2D eigenvalue weighted by atomic mass is 79.9. The summed E-state index contributed by atoms with van der Waals surface area (Å²) in [5.41, 5.74) is 3.26. The van der Waals surface area contributed by atoms with Gasteiger partial charge in [0, 0.05) is 10.0 Å². The summed E-state index contributed by atoms with van der Waals surface area (Å²) in [5.74, 6) is 0.968. The van der Waals surface area contributed by atoms with Gasteiger partial charge in [0.1, 0.15) is 11.5 Å². The Hall–Kier alpha value is -1.86. The third-order valence-corrected chi connectivity index (χ3v) is 4.47. The Kier molecular flexibility index (Phi) is 8.12. The maximum absolute atomic E-state index is 12.2. The van der Waals surface area contributed by atoms with Gasteiger partial charge in [0.15, 0.2) is 6.10 Å². The van der Waals surface area contributed by atoms with Gasteiger partial charge in [0.2, 0.25) is 0 Å². The van der Waals surface area contributed by atoms with E-state index in [2.05, 4.69) is 42.4 Å². The molecule has 0 aliphatic carbocycles. The van der Waals surface area contributed by atoms with Crippen LogP contribution in [0.4, 0.5) is 0 Å². The lowest BCUT2D eigenvalue weighted by Gasteiger charge is -2.14. The summed E-state index contributed by atoms with van der Waals surface area (Å²) in [6.45, 7) is 4.32. The van der Waals surface area contributed by atoms with Gasteiger partial charge in [-0.1, -0.05) is 35.0 Å². The first-order valence-corrected chi connectivity index (χ1v) is 9.76. The van der Waals surface area contributed by atoms with Gasteiger partial charge in [-0.3, -0.25) is 4.79 Å². The Morgan fingerprint density at radius 2 is 2.00 bits per heavy atom. The zero-order valence-corrected chi connectivity index (χ0v) is 17.7. The first kappa shape index (κ1) is 20.5. The molecule has 0 fully saturated rings. The lowest BCUT2D eigenvalue weighted by molar-refractivity contribution is -0.127. The van der Waals surface area contributed by atoms with Gasteiger partial charge in [0.05, 0.1) is 17.3 Å². The molecule has 2 aromatic rings. The molecule has 1 N–H and O–H groups in total. The van der Waals surface area contributed by atoms with Crippen LogP contribution in [0.2, 0.25) is 0 Å². The van der Waals surface area contributed by atoms with Crippen LogP contribution in [0, 0.1) is 0 Å². The Balaban J connectivity index is 1.98. The second-order valence-corrected chi connectivity index (χ2v) is 7.23. The zero-order chi connectivity index (χ0) is 18.9. The first-order chi connectivity index (χ1) is 12.5. The van der Waals surface area contributed by atoms with Crippen molar-refractivity contribution in [1.29, 1.82) is 0 Å². The van der Waals surface area contributed by atoms with E-state index < -0.39 is 6.10 Å². The number of hydrogen-bond donors (Lipinski definition) is 1. The maximum Gasteiger partial charge on any atom is 0.280 e. The van der Waals surface area contributed by atoms with E-state index in [0.29, 0.717) is 18.1 Å². The minimum atomic E-state index is -0.691. The number of nitrogens with zero attached hydrogens (tertiary/aromatic N) is 1. The van der Waals surface area contributed by atoms with E-state index in [9.17, 15) is 4.79 Å². The molecule has 1 unspecified atom stereocenters. The molecule has 0 bridgehead atoms. The predicted molar refractivity (Wildman–Crippen MR) is 110 cm³/mol. The summed E-state index contributed by atoms with van der Waals surface area (Å²) in [4.78, 5) is 12.2. The minimum Gasteiger partial charge on any atom is -0.493 e. The van der Waals surface area contributed by atoms with Crippen LogP contribution < -0.4 is 14.9 Å². The number of benzene rings is 2. The van der Waals surface area contributed by atoms with Gasteiger partial charge in [-0.2, -0.15) is 5.10 Å². The van der Waals surface area contributed by atoms with Gasteiger partial charge >= 0.3 is 0 Å². The zero-order valence-electron chi connectivity index (χ0n) is 14.5. The fourth-order valence-electron chi connectivity index (χ4n) is 2.00. The van der Waals surface area contributed by atoms with Gasteiger partial charge in [-0.25, -0.2) is 5.43 Å². The molecule has 7 heteroatoms. The van der Waals surface area contributed by atoms with Crippen molar-refractivity contribution in [2.24, 2.45) is 5.10 Å². The van der Waals surface area contributed by atoms with Crippen molar-refractivity contribution >= 4 is 44.0 Å². The van der Waals surface area contributed by atoms with Crippen molar-refractivity contribution in [3.63, 3.8) is 0 Å². The maximum atomic E-state index is 12.2. The Bertz CT molecular complexity index is 781. The summed E-state index contributed by atoms with van der Waals surface area (Å²) in [6, 6.07) is 13.0. The summed E-state index contributed by atoms with van der Waals surface area (Å²) >= 11 is 6.81. The molecule has 2 rings (SSSR count). The summed E-state index contributed by atoms with van der Waals surface area (Å²) in [6.07, 6.45) is 1.77. The van der Waals surface area contributed by atoms with E-state index in [0.717, 1.165) is 20.9 Å². The molecule has 0 aromatic heterocycles. The van der Waals surface area contributed by atoms with E-state index in [1.807, 2.05) is 43.3 Å². The molecule has 0 aliphatic heterocycles. The van der Waals surface area contributed by atoms with Crippen LogP contribution in [0.1, 0.15) is 25.8 Å². The van der Waals surface area contributed by atoms with Crippen LogP contribution in [-0.4, -0.2) is 24.8 Å². The summed E-state index contributed by atoms with van der Waals surface area (Å²) in [7, 11) is 0. The highest BCUT2D eigenvalue weighted by molar-refractivity contribution is 9.10. The SMILES string of the molecule is CCCOc1ccc(Br)cc1/C=N/NC(=O)C(C)Oc1ccccc1Br. The van der Waals surface area contributed by atoms with Crippen molar-refractivity contribution in [3.05, 3.63) is 57.0 Å². The Morgan fingerprint density at radius 3 is 2.73 bits per heavy atom. The normalized spacial score (nSPS) is 12.0. The molecule has 5 nitrogen and oxygen atoms in total. The molecule has 0 heterocycles. The standard InChI is InChI=1S/C19H20Br2N2O3/c1-3-10-25-17-9-8-15(20)11-14(17)12-22-23-19(24)13(2)26-18-7-5-4-6-16(18)21/h4-9,11-13H,3,10H2,1-2H3,(H,23,24)/b22-12+. The van der Waals surface area contributed by atoms with Crippen molar-refractivity contribution < 1.29 is 14.3 Å². The van der Waals surface area contributed by atoms with Gasteiger partial charge in [-0.05, 0) is 59.6 Å². The van der Waals surface area contributed by atoms with E-state index in [4.69, 9.17) is 9.47 Å². The number of rotatable bonds is 8. The average molecular weight is 484 g/mol. The van der Waals surface area contributed by atoms with Gasteiger partial charge in [0.25, 0.3) is 5.91 Å². The number of hydrogen-bond acceptors (Lipinski definition) is 4. The number of halogens is 2. The van der Waals surface area contributed by atoms with Crippen LogP contribution in [0.5, 0.6) is 11.5 Å². The molecule has 0 saturated carbocycles. The number of para-hydroxylation sites is 1. The third-order valence-electron chi connectivity index (χ3n) is 3.32. The monoisotopic (exact) mass is 482 g/mol. The molecule has 138 valence electrons. The third kappa shape index (κ3) is 6.14. The molecule has 2 aromatic carbocycles. The van der Waals surface area contributed by atoms with Crippen molar-refractivity contribution in [1.82, 2.24) is 5.43 Å². The number of carbonyl (C=O) groups excluding carboxylic acids is 1. The first-order valence-electron chi connectivity index (χ1n) is 8.17. The molecule has 0 aliphatic rings. The fraction of sp³-hybridized carbons (Fsp3) is 0.263. The number of nitrogens with one attached hydrogen (secondary N) is 1. The van der Waals surface area contributed by atoms with E-state index >= 15 is 0 Å². The van der Waals surface area contributed by atoms with Crippen LogP contribution in [0.25, 0.3) is 0 Å². The lowest BCUT2D eigenvalue weighted by atomic mass is 10.2. The average Bonchev–Trinajstić information content (AvgIpc) is 2.62. The van der Waals surface area contributed by atoms with Crippen LogP contribution in [-0.2, 0) is 4.79 Å². The summed E-state index contributed by atoms with van der Waals surface area (Å²) in [5, 5.41) is 4.02. The topological polar surface area (TPSA) is 59.9 Å². The van der Waals surface area contributed by atoms with Crippen molar-refractivity contribution in [2.45, 2.75) is 26.4 Å². The van der Waals surface area contributed by atoms with E-state index in [1.54, 1.807) is 19.2 Å². The molecular weight excluding hydrogens is 464 g/mol. The largest absolute Gasteiger partial charge is 0.493 e. The van der Waals surface area contributed by atoms with Crippen molar-refractivity contribution in [2.75, 3.05) is 6.61 Å². The van der Waals surface area contributed by atoms with Crippen molar-refractivity contribution in [3.8, 4) is 11.5 Å². The molecule has 0 spiro atoms. The molecular formula is C19H20Br2N2O3. The molecule has 1 amide bonds. The smallest absolute Gasteiger partial charge is 0.280 e. The second kappa shape index (κ2) is 10.3. The lowest BCUT2D eigenvalue weighted by Crippen LogP contribution is -2.33. The summed E-state index contributed by atoms with van der Waals surface area (Å²) < 4.78 is 13.0. The molecule has 0 saturated heterocycles. The number of amides is 1. The van der Waals surface area contributed by atoms with E-state index in [1.165, 1.54) is 0 Å². The molecule has 0 radical (unpaired) electrons. The Morgan fingerprint density at radius 1 is 1.23 bits per heavy atom. The van der Waals surface area contributed by atoms with Gasteiger partial charge < -0.3 is 9.47 Å². The number of hydrazone groups is 1.